The third-order valence-electron chi connectivity index (χ3n) is 5.29. The number of piperidine rings is 1. The van der Waals surface area contributed by atoms with Gasteiger partial charge in [-0.3, -0.25) is 4.79 Å². The number of rotatable bonds is 5. The molecular formula is C23H25FN4O. The van der Waals surface area contributed by atoms with E-state index in [0.717, 1.165) is 37.1 Å². The van der Waals surface area contributed by atoms with Gasteiger partial charge in [0.2, 0.25) is 0 Å². The van der Waals surface area contributed by atoms with Crippen LogP contribution in [0.15, 0.2) is 54.7 Å². The summed E-state index contributed by atoms with van der Waals surface area (Å²) in [5.41, 5.74) is 3.82. The van der Waals surface area contributed by atoms with Crippen LogP contribution in [0, 0.1) is 18.7 Å². The first-order valence-corrected chi connectivity index (χ1v) is 10.0. The van der Waals surface area contributed by atoms with Gasteiger partial charge in [0.1, 0.15) is 11.5 Å². The van der Waals surface area contributed by atoms with E-state index in [2.05, 4.69) is 15.7 Å². The quantitative estimate of drug-likeness (QED) is 0.696. The van der Waals surface area contributed by atoms with Gasteiger partial charge in [-0.1, -0.05) is 23.8 Å². The fourth-order valence-corrected chi connectivity index (χ4v) is 3.70. The van der Waals surface area contributed by atoms with E-state index in [0.29, 0.717) is 29.4 Å². The van der Waals surface area contributed by atoms with Crippen LogP contribution in [0.4, 0.5) is 4.39 Å². The summed E-state index contributed by atoms with van der Waals surface area (Å²) in [4.78, 5) is 13.0. The summed E-state index contributed by atoms with van der Waals surface area (Å²) in [5.74, 6) is 0.00146. The minimum Gasteiger partial charge on any atom is -0.352 e. The normalized spacial score (nSPS) is 16.6. The standard InChI is InChI=1S/C23H25FN4O/c1-16-4-2-6-18(12-16)22-21(23(29)26-14-17-5-3-11-25-13-17)15-28(27-22)20-9-7-19(24)8-10-20/h2,4,6-10,12,15,17,25H,3,5,11,13-14H2,1H3,(H,26,29). The van der Waals surface area contributed by atoms with Gasteiger partial charge in [-0.2, -0.15) is 5.10 Å². The second kappa shape index (κ2) is 8.57. The molecule has 150 valence electrons. The van der Waals surface area contributed by atoms with Crippen molar-refractivity contribution in [2.24, 2.45) is 5.92 Å². The number of nitrogens with one attached hydrogen (secondary N) is 2. The Kier molecular flexibility index (Phi) is 5.71. The molecule has 4 rings (SSSR count). The fourth-order valence-electron chi connectivity index (χ4n) is 3.70. The van der Waals surface area contributed by atoms with Crippen molar-refractivity contribution in [1.29, 1.82) is 0 Å². The topological polar surface area (TPSA) is 59.0 Å². The molecule has 5 nitrogen and oxygen atoms in total. The number of hydrogen-bond donors (Lipinski definition) is 2. The van der Waals surface area contributed by atoms with Crippen molar-refractivity contribution in [3.05, 3.63) is 71.7 Å². The van der Waals surface area contributed by atoms with Crippen LogP contribution >= 0.6 is 0 Å². The Hall–Kier alpha value is -2.99. The highest BCUT2D eigenvalue weighted by Gasteiger charge is 2.20. The Labute approximate surface area is 169 Å². The molecule has 1 aromatic heterocycles. The molecule has 0 spiro atoms. The zero-order valence-electron chi connectivity index (χ0n) is 16.5. The van der Waals surface area contributed by atoms with Gasteiger partial charge >= 0.3 is 0 Å². The second-order valence-corrected chi connectivity index (χ2v) is 7.60. The van der Waals surface area contributed by atoms with E-state index in [9.17, 15) is 9.18 Å². The highest BCUT2D eigenvalue weighted by atomic mass is 19.1. The molecule has 0 radical (unpaired) electrons. The number of carbonyl (C=O) groups is 1. The lowest BCUT2D eigenvalue weighted by molar-refractivity contribution is 0.0945. The molecule has 3 aromatic rings. The van der Waals surface area contributed by atoms with E-state index in [4.69, 9.17) is 0 Å². The number of aryl methyl sites for hydroxylation is 1. The Bertz CT molecular complexity index is 990. The van der Waals surface area contributed by atoms with Gasteiger partial charge in [-0.25, -0.2) is 9.07 Å². The SMILES string of the molecule is Cc1cccc(-c2nn(-c3ccc(F)cc3)cc2C(=O)NCC2CCCNC2)c1. The molecule has 0 aliphatic carbocycles. The maximum atomic E-state index is 13.3. The first-order valence-electron chi connectivity index (χ1n) is 10.0. The molecule has 2 aromatic carbocycles. The summed E-state index contributed by atoms with van der Waals surface area (Å²) in [6.07, 6.45) is 3.98. The molecule has 1 amide bonds. The van der Waals surface area contributed by atoms with E-state index in [1.165, 1.54) is 12.1 Å². The van der Waals surface area contributed by atoms with Crippen molar-refractivity contribution in [1.82, 2.24) is 20.4 Å². The summed E-state index contributed by atoms with van der Waals surface area (Å²) in [5, 5.41) is 11.1. The molecule has 1 saturated heterocycles. The van der Waals surface area contributed by atoms with Gasteiger partial charge < -0.3 is 10.6 Å². The van der Waals surface area contributed by atoms with Gasteiger partial charge in [-0.05, 0) is 69.1 Å². The molecule has 1 atom stereocenters. The molecule has 1 aliphatic heterocycles. The average molecular weight is 392 g/mol. The van der Waals surface area contributed by atoms with Crippen LogP contribution in [-0.2, 0) is 0 Å². The minimum absolute atomic E-state index is 0.138. The van der Waals surface area contributed by atoms with Gasteiger partial charge in [0.15, 0.2) is 0 Å². The van der Waals surface area contributed by atoms with Crippen LogP contribution in [-0.4, -0.2) is 35.3 Å². The molecule has 1 aliphatic rings. The number of nitrogens with zero attached hydrogens (tertiary/aromatic N) is 2. The average Bonchev–Trinajstić information content (AvgIpc) is 3.19. The third-order valence-corrected chi connectivity index (χ3v) is 5.29. The van der Waals surface area contributed by atoms with E-state index >= 15 is 0 Å². The monoisotopic (exact) mass is 392 g/mol. The van der Waals surface area contributed by atoms with Crippen LogP contribution in [0.2, 0.25) is 0 Å². The van der Waals surface area contributed by atoms with E-state index in [-0.39, 0.29) is 11.7 Å². The largest absolute Gasteiger partial charge is 0.352 e. The number of halogens is 1. The lowest BCUT2D eigenvalue weighted by Gasteiger charge is -2.22. The van der Waals surface area contributed by atoms with Crippen molar-refractivity contribution >= 4 is 5.91 Å². The molecular weight excluding hydrogens is 367 g/mol. The maximum Gasteiger partial charge on any atom is 0.255 e. The van der Waals surface area contributed by atoms with Gasteiger partial charge in [0, 0.05) is 18.3 Å². The van der Waals surface area contributed by atoms with Crippen LogP contribution in [0.5, 0.6) is 0 Å². The van der Waals surface area contributed by atoms with Crippen LogP contribution in [0.3, 0.4) is 0 Å². The van der Waals surface area contributed by atoms with E-state index in [1.807, 2.05) is 31.2 Å². The first kappa shape index (κ1) is 19.3. The zero-order chi connectivity index (χ0) is 20.2. The second-order valence-electron chi connectivity index (χ2n) is 7.60. The van der Waals surface area contributed by atoms with Gasteiger partial charge in [0.05, 0.1) is 11.3 Å². The molecule has 29 heavy (non-hydrogen) atoms. The van der Waals surface area contributed by atoms with Crippen molar-refractivity contribution in [2.75, 3.05) is 19.6 Å². The fraction of sp³-hybridized carbons (Fsp3) is 0.304. The highest BCUT2D eigenvalue weighted by Crippen LogP contribution is 2.25. The number of carbonyl (C=O) groups excluding carboxylic acids is 1. The van der Waals surface area contributed by atoms with E-state index in [1.54, 1.807) is 23.0 Å². The third kappa shape index (κ3) is 4.54. The maximum absolute atomic E-state index is 13.3. The lowest BCUT2D eigenvalue weighted by Crippen LogP contribution is -2.38. The molecule has 1 unspecified atom stereocenters. The van der Waals surface area contributed by atoms with Crippen LogP contribution in [0.25, 0.3) is 16.9 Å². The minimum atomic E-state index is -0.307. The zero-order valence-corrected chi connectivity index (χ0v) is 16.5. The molecule has 0 saturated carbocycles. The molecule has 6 heteroatoms. The van der Waals surface area contributed by atoms with Crippen LogP contribution < -0.4 is 10.6 Å². The summed E-state index contributed by atoms with van der Waals surface area (Å²) < 4.78 is 14.9. The smallest absolute Gasteiger partial charge is 0.255 e. The lowest BCUT2D eigenvalue weighted by atomic mass is 9.99. The molecule has 2 heterocycles. The number of aromatic nitrogens is 2. The molecule has 1 fully saturated rings. The van der Waals surface area contributed by atoms with E-state index < -0.39 is 0 Å². The predicted octanol–water partition coefficient (Wildman–Crippen LogP) is 3.72. The number of benzene rings is 2. The summed E-state index contributed by atoms with van der Waals surface area (Å²) in [6, 6.07) is 14.0. The number of amides is 1. The van der Waals surface area contributed by atoms with Crippen LogP contribution in [0.1, 0.15) is 28.8 Å². The van der Waals surface area contributed by atoms with Crippen molar-refractivity contribution in [3.8, 4) is 16.9 Å². The van der Waals surface area contributed by atoms with Crippen molar-refractivity contribution in [3.63, 3.8) is 0 Å². The summed E-state index contributed by atoms with van der Waals surface area (Å²) in [7, 11) is 0. The van der Waals surface area contributed by atoms with Crippen molar-refractivity contribution in [2.45, 2.75) is 19.8 Å². The number of hydrogen-bond acceptors (Lipinski definition) is 3. The Morgan fingerprint density at radius 2 is 2.10 bits per heavy atom. The Morgan fingerprint density at radius 1 is 1.28 bits per heavy atom. The first-order chi connectivity index (χ1) is 14.1. The summed E-state index contributed by atoms with van der Waals surface area (Å²) >= 11 is 0. The predicted molar refractivity (Wildman–Crippen MR) is 112 cm³/mol. The Morgan fingerprint density at radius 3 is 2.83 bits per heavy atom. The van der Waals surface area contributed by atoms with Gasteiger partial charge in [0.25, 0.3) is 5.91 Å². The summed E-state index contributed by atoms with van der Waals surface area (Å²) in [6.45, 7) is 4.63. The molecule has 2 N–H and O–H groups in total. The van der Waals surface area contributed by atoms with Gasteiger partial charge in [-0.15, -0.1) is 0 Å². The van der Waals surface area contributed by atoms with Crippen molar-refractivity contribution < 1.29 is 9.18 Å². The molecule has 0 bridgehead atoms. The Balaban J connectivity index is 1.64. The highest BCUT2D eigenvalue weighted by molar-refractivity contribution is 6.00.